The lowest BCUT2D eigenvalue weighted by Crippen LogP contribution is -2.38. The molecule has 2 unspecified atom stereocenters. The maximum atomic E-state index is 14.0. The summed E-state index contributed by atoms with van der Waals surface area (Å²) < 4.78 is 27.1. The molecular weight excluding hydrogens is 380 g/mol. The van der Waals surface area contributed by atoms with E-state index in [1.165, 1.54) is 17.8 Å². The van der Waals surface area contributed by atoms with E-state index >= 15 is 0 Å². The van der Waals surface area contributed by atoms with Gasteiger partial charge in [-0.25, -0.2) is 8.78 Å². The summed E-state index contributed by atoms with van der Waals surface area (Å²) in [6.45, 7) is 19.8. The van der Waals surface area contributed by atoms with E-state index in [0.717, 1.165) is 42.2 Å². The molecule has 0 amide bonds. The number of hydrogen-bond donors (Lipinski definition) is 1. The molecule has 2 heterocycles. The van der Waals surface area contributed by atoms with Gasteiger partial charge in [-0.2, -0.15) is 0 Å². The van der Waals surface area contributed by atoms with Crippen LogP contribution in [0.4, 0.5) is 8.78 Å². The van der Waals surface area contributed by atoms with Gasteiger partial charge in [0.25, 0.3) is 0 Å². The quantitative estimate of drug-likeness (QED) is 0.629. The van der Waals surface area contributed by atoms with Crippen LogP contribution in [0, 0.1) is 11.6 Å². The summed E-state index contributed by atoms with van der Waals surface area (Å²) in [7, 11) is 0. The normalized spacial score (nSPS) is 21.8. The first-order valence-electron chi connectivity index (χ1n) is 10.4. The van der Waals surface area contributed by atoms with Crippen molar-refractivity contribution in [1.29, 1.82) is 0 Å². The van der Waals surface area contributed by atoms with Gasteiger partial charge in [0.2, 0.25) is 0 Å². The van der Waals surface area contributed by atoms with Gasteiger partial charge in [-0.3, -0.25) is 0 Å². The van der Waals surface area contributed by atoms with Crippen molar-refractivity contribution in [3.05, 3.63) is 95.6 Å². The second-order valence-corrected chi connectivity index (χ2v) is 8.16. The smallest absolute Gasteiger partial charge is 0.131 e. The van der Waals surface area contributed by atoms with E-state index in [9.17, 15) is 8.78 Å². The third kappa shape index (κ3) is 4.35. The summed E-state index contributed by atoms with van der Waals surface area (Å²) in [5.41, 5.74) is 5.14. The van der Waals surface area contributed by atoms with Gasteiger partial charge in [-0.05, 0) is 57.0 Å². The topological polar surface area (TPSA) is 18.5 Å². The predicted molar refractivity (Wildman–Crippen MR) is 119 cm³/mol. The molecule has 2 aliphatic rings. The molecule has 5 heteroatoms. The molecule has 3 nitrogen and oxygen atoms in total. The Labute approximate surface area is 178 Å². The number of allylic oxidation sites excluding steroid dienone is 3. The molecule has 0 bridgehead atoms. The van der Waals surface area contributed by atoms with Crippen LogP contribution in [-0.4, -0.2) is 28.4 Å². The van der Waals surface area contributed by atoms with Crippen molar-refractivity contribution < 1.29 is 8.78 Å². The highest BCUT2D eigenvalue weighted by Gasteiger charge is 2.30. The van der Waals surface area contributed by atoms with E-state index in [0.29, 0.717) is 23.3 Å². The lowest BCUT2D eigenvalue weighted by molar-refractivity contribution is 0.247. The summed E-state index contributed by atoms with van der Waals surface area (Å²) >= 11 is 0. The molecule has 1 aromatic rings. The van der Waals surface area contributed by atoms with Crippen LogP contribution >= 0.6 is 0 Å². The Balaban J connectivity index is 1.75. The van der Waals surface area contributed by atoms with Gasteiger partial charge in [0.05, 0.1) is 0 Å². The van der Waals surface area contributed by atoms with Gasteiger partial charge in [0.15, 0.2) is 0 Å². The van der Waals surface area contributed by atoms with Crippen molar-refractivity contribution in [1.82, 2.24) is 15.1 Å². The van der Waals surface area contributed by atoms with E-state index in [-0.39, 0.29) is 6.54 Å². The molecule has 3 rings (SSSR count). The number of halogens is 2. The summed E-state index contributed by atoms with van der Waals surface area (Å²) in [6, 6.07) is 4.50. The van der Waals surface area contributed by atoms with Crippen molar-refractivity contribution in [2.45, 2.75) is 52.2 Å². The zero-order valence-electron chi connectivity index (χ0n) is 18.1. The maximum Gasteiger partial charge on any atom is 0.131 e. The second kappa shape index (κ2) is 8.90. The molecule has 1 N–H and O–H groups in total. The van der Waals surface area contributed by atoms with Crippen molar-refractivity contribution in [3.63, 3.8) is 0 Å². The van der Waals surface area contributed by atoms with Crippen LogP contribution in [0.3, 0.4) is 0 Å². The molecule has 0 aliphatic carbocycles. The van der Waals surface area contributed by atoms with Crippen molar-refractivity contribution >= 4 is 0 Å². The summed E-state index contributed by atoms with van der Waals surface area (Å²) in [4.78, 5) is 4.59. The zero-order chi connectivity index (χ0) is 22.0. The van der Waals surface area contributed by atoms with E-state index in [1.807, 2.05) is 6.20 Å². The SMILES string of the molecule is C=CN1C(C)CCC1CN1C=C(C(=C)NCc2ccc(F)cc2F)C(=C)C(C)=C1C. The first kappa shape index (κ1) is 21.9. The van der Waals surface area contributed by atoms with Crippen molar-refractivity contribution in [3.8, 4) is 0 Å². The number of nitrogens with zero attached hydrogens (tertiary/aromatic N) is 2. The zero-order valence-corrected chi connectivity index (χ0v) is 18.1. The van der Waals surface area contributed by atoms with Crippen LogP contribution in [0.5, 0.6) is 0 Å². The third-order valence-corrected chi connectivity index (χ3v) is 6.34. The van der Waals surface area contributed by atoms with Crippen LogP contribution in [-0.2, 0) is 6.54 Å². The highest BCUT2D eigenvalue weighted by atomic mass is 19.1. The number of nitrogens with one attached hydrogen (secondary N) is 1. The van der Waals surface area contributed by atoms with E-state index in [1.54, 1.807) is 0 Å². The Hall–Kier alpha value is -2.82. The Kier molecular flexibility index (Phi) is 6.49. The first-order valence-corrected chi connectivity index (χ1v) is 10.4. The van der Waals surface area contributed by atoms with Gasteiger partial charge in [-0.1, -0.05) is 25.8 Å². The minimum Gasteiger partial charge on any atom is -0.381 e. The molecule has 2 aliphatic heterocycles. The van der Waals surface area contributed by atoms with Crippen LogP contribution < -0.4 is 5.32 Å². The third-order valence-electron chi connectivity index (χ3n) is 6.34. The molecule has 0 aromatic heterocycles. The lowest BCUT2D eigenvalue weighted by atomic mass is 9.94. The molecule has 1 aromatic carbocycles. The lowest BCUT2D eigenvalue weighted by Gasteiger charge is -2.36. The second-order valence-electron chi connectivity index (χ2n) is 8.16. The molecule has 0 radical (unpaired) electrons. The molecule has 0 saturated carbocycles. The highest BCUT2D eigenvalue weighted by molar-refractivity contribution is 5.56. The fourth-order valence-corrected chi connectivity index (χ4v) is 4.21. The summed E-state index contributed by atoms with van der Waals surface area (Å²) in [5.74, 6) is -1.15. The highest BCUT2D eigenvalue weighted by Crippen LogP contribution is 2.33. The predicted octanol–water partition coefficient (Wildman–Crippen LogP) is 5.61. The Bertz CT molecular complexity index is 928. The van der Waals surface area contributed by atoms with Crippen LogP contribution in [0.15, 0.2) is 78.4 Å². The van der Waals surface area contributed by atoms with E-state index < -0.39 is 11.6 Å². The standard InChI is InChI=1S/C25H31F2N3/c1-7-30-16(2)8-11-23(30)14-29-15-24(18(4)17(3)20(29)6)19(5)28-13-21-9-10-22(26)12-25(21)27/h7,9-10,12,15-16,23,28H,1,4-5,8,11,13-14H2,2-3,6H3. The average Bonchev–Trinajstić information content (AvgIpc) is 3.06. The monoisotopic (exact) mass is 411 g/mol. The Morgan fingerprint density at radius 2 is 2.00 bits per heavy atom. The summed E-state index contributed by atoms with van der Waals surface area (Å²) in [5, 5.41) is 3.17. The average molecular weight is 412 g/mol. The fourth-order valence-electron chi connectivity index (χ4n) is 4.21. The van der Waals surface area contributed by atoms with Gasteiger partial charge >= 0.3 is 0 Å². The molecule has 2 atom stereocenters. The van der Waals surface area contributed by atoms with Crippen LogP contribution in [0.2, 0.25) is 0 Å². The molecule has 30 heavy (non-hydrogen) atoms. The van der Waals surface area contributed by atoms with Gasteiger partial charge < -0.3 is 15.1 Å². The minimum atomic E-state index is -0.583. The number of hydrogen-bond acceptors (Lipinski definition) is 3. The number of rotatable bonds is 7. The van der Waals surface area contributed by atoms with Gasteiger partial charge in [0, 0.05) is 60.0 Å². The fraction of sp³-hybridized carbons (Fsp3) is 0.360. The number of likely N-dealkylation sites (tertiary alicyclic amines) is 1. The molecular formula is C25H31F2N3. The van der Waals surface area contributed by atoms with Gasteiger partial charge in [-0.15, -0.1) is 0 Å². The molecule has 1 fully saturated rings. The first-order chi connectivity index (χ1) is 14.2. The Morgan fingerprint density at radius 1 is 1.27 bits per heavy atom. The number of benzene rings is 1. The van der Waals surface area contributed by atoms with E-state index in [2.05, 4.69) is 61.8 Å². The largest absolute Gasteiger partial charge is 0.381 e. The van der Waals surface area contributed by atoms with Gasteiger partial charge in [0.1, 0.15) is 11.6 Å². The van der Waals surface area contributed by atoms with Crippen LogP contribution in [0.25, 0.3) is 0 Å². The molecule has 0 spiro atoms. The van der Waals surface area contributed by atoms with Crippen molar-refractivity contribution in [2.75, 3.05) is 6.54 Å². The minimum absolute atomic E-state index is 0.224. The van der Waals surface area contributed by atoms with E-state index in [4.69, 9.17) is 0 Å². The van der Waals surface area contributed by atoms with Crippen molar-refractivity contribution in [2.24, 2.45) is 0 Å². The maximum absolute atomic E-state index is 14.0. The Morgan fingerprint density at radius 3 is 2.67 bits per heavy atom. The molecule has 160 valence electrons. The summed E-state index contributed by atoms with van der Waals surface area (Å²) in [6.07, 6.45) is 6.31. The van der Waals surface area contributed by atoms with Crippen LogP contribution in [0.1, 0.15) is 39.2 Å². The molecule has 1 saturated heterocycles.